The molecule has 2 atom stereocenters. The van der Waals surface area contributed by atoms with E-state index in [1.54, 1.807) is 11.3 Å². The Morgan fingerprint density at radius 1 is 1.32 bits per heavy atom. The Labute approximate surface area is 125 Å². The molecule has 2 nitrogen and oxygen atoms in total. The number of likely N-dealkylation sites (N-methyl/N-ethyl adjacent to an activating group) is 1. The fourth-order valence-electron chi connectivity index (χ4n) is 3.19. The van der Waals surface area contributed by atoms with Crippen molar-refractivity contribution in [1.82, 2.24) is 4.90 Å². The average molecular weight is 301 g/mol. The van der Waals surface area contributed by atoms with Gasteiger partial charge in [-0.25, -0.2) is 0 Å². The molecule has 2 unspecified atom stereocenters. The normalized spacial score (nSPS) is 27.5. The average Bonchev–Trinajstić information content (AvgIpc) is 2.76. The fraction of sp³-hybridized carbons (Fsp3) is 0.733. The van der Waals surface area contributed by atoms with Crippen molar-refractivity contribution in [3.63, 3.8) is 0 Å². The van der Waals surface area contributed by atoms with Crippen LogP contribution in [0, 0.1) is 5.92 Å². The molecule has 1 aromatic rings. The molecule has 2 N–H and O–H groups in total. The maximum absolute atomic E-state index is 6.23. The van der Waals surface area contributed by atoms with Crippen LogP contribution in [0.4, 0.5) is 0 Å². The van der Waals surface area contributed by atoms with Crippen molar-refractivity contribution < 1.29 is 0 Å². The van der Waals surface area contributed by atoms with Gasteiger partial charge in [-0.05, 0) is 57.7 Å². The van der Waals surface area contributed by atoms with Gasteiger partial charge in [0.1, 0.15) is 0 Å². The Balaban J connectivity index is 2.10. The van der Waals surface area contributed by atoms with E-state index >= 15 is 0 Å². The molecule has 4 heteroatoms. The first-order chi connectivity index (χ1) is 8.99. The van der Waals surface area contributed by atoms with Crippen LogP contribution in [-0.4, -0.2) is 24.0 Å². The highest BCUT2D eigenvalue weighted by molar-refractivity contribution is 7.16. The first-order valence-electron chi connectivity index (χ1n) is 7.21. The minimum Gasteiger partial charge on any atom is -0.326 e. The van der Waals surface area contributed by atoms with Crippen molar-refractivity contribution in [2.24, 2.45) is 11.7 Å². The van der Waals surface area contributed by atoms with Crippen molar-refractivity contribution in [2.45, 2.75) is 57.7 Å². The second-order valence-corrected chi connectivity index (χ2v) is 7.77. The molecule has 1 fully saturated rings. The van der Waals surface area contributed by atoms with E-state index in [1.165, 1.54) is 30.6 Å². The lowest BCUT2D eigenvalue weighted by Gasteiger charge is -2.39. The molecular weight excluding hydrogens is 276 g/mol. The van der Waals surface area contributed by atoms with Gasteiger partial charge in [-0.1, -0.05) is 18.5 Å². The zero-order valence-corrected chi connectivity index (χ0v) is 13.7. The van der Waals surface area contributed by atoms with Gasteiger partial charge in [0.25, 0.3) is 0 Å². The molecule has 0 aliphatic heterocycles. The van der Waals surface area contributed by atoms with Crippen molar-refractivity contribution in [3.8, 4) is 0 Å². The van der Waals surface area contributed by atoms with E-state index in [0.717, 1.165) is 10.3 Å². The van der Waals surface area contributed by atoms with Gasteiger partial charge in [0.15, 0.2) is 0 Å². The van der Waals surface area contributed by atoms with Gasteiger partial charge in [-0.2, -0.15) is 0 Å². The van der Waals surface area contributed by atoms with E-state index in [9.17, 15) is 0 Å². The van der Waals surface area contributed by atoms with Crippen LogP contribution in [0.1, 0.15) is 50.4 Å². The third-order valence-corrected chi connectivity index (χ3v) is 5.69. The van der Waals surface area contributed by atoms with Crippen LogP contribution < -0.4 is 5.73 Å². The Morgan fingerprint density at radius 2 is 1.95 bits per heavy atom. The Hall–Kier alpha value is -0.0900. The number of hydrogen-bond donors (Lipinski definition) is 1. The van der Waals surface area contributed by atoms with Gasteiger partial charge in [0.05, 0.1) is 10.4 Å². The van der Waals surface area contributed by atoms with Gasteiger partial charge in [0, 0.05) is 17.0 Å². The first-order valence-corrected chi connectivity index (χ1v) is 8.41. The summed E-state index contributed by atoms with van der Waals surface area (Å²) in [6, 6.07) is 5.18. The topological polar surface area (TPSA) is 29.3 Å². The van der Waals surface area contributed by atoms with Gasteiger partial charge >= 0.3 is 0 Å². The van der Waals surface area contributed by atoms with Crippen molar-refractivity contribution in [2.75, 3.05) is 7.05 Å². The molecule has 19 heavy (non-hydrogen) atoms. The standard InChI is InChI=1S/C15H25ClN2S/c1-10-4-6-12(7-5-10)18(3)15(11(2)17)13-8-9-14(16)19-13/h8-12,15H,4-7,17H2,1-3H3. The fourth-order valence-corrected chi connectivity index (χ4v) is 4.52. The summed E-state index contributed by atoms with van der Waals surface area (Å²) in [4.78, 5) is 3.78. The minimum absolute atomic E-state index is 0.124. The van der Waals surface area contributed by atoms with Gasteiger partial charge in [-0.15, -0.1) is 11.3 Å². The molecule has 1 aliphatic rings. The van der Waals surface area contributed by atoms with Crippen molar-refractivity contribution in [1.29, 1.82) is 0 Å². The number of nitrogens with zero attached hydrogens (tertiary/aromatic N) is 1. The molecule has 1 aliphatic carbocycles. The van der Waals surface area contributed by atoms with E-state index in [-0.39, 0.29) is 12.1 Å². The van der Waals surface area contributed by atoms with Crippen LogP contribution in [0.25, 0.3) is 0 Å². The second kappa shape index (κ2) is 6.57. The summed E-state index contributed by atoms with van der Waals surface area (Å²) in [5, 5.41) is 0. The van der Waals surface area contributed by atoms with E-state index in [0.29, 0.717) is 6.04 Å². The maximum atomic E-state index is 6.23. The highest BCUT2D eigenvalue weighted by Gasteiger charge is 2.30. The van der Waals surface area contributed by atoms with Crippen molar-refractivity contribution in [3.05, 3.63) is 21.3 Å². The summed E-state index contributed by atoms with van der Waals surface area (Å²) >= 11 is 7.74. The lowest BCUT2D eigenvalue weighted by molar-refractivity contribution is 0.113. The zero-order valence-electron chi connectivity index (χ0n) is 12.1. The predicted octanol–water partition coefficient (Wildman–Crippen LogP) is 4.30. The molecular formula is C15H25ClN2S. The summed E-state index contributed by atoms with van der Waals surface area (Å²) < 4.78 is 0.853. The summed E-state index contributed by atoms with van der Waals surface area (Å²) in [5.74, 6) is 0.884. The van der Waals surface area contributed by atoms with Crippen LogP contribution in [0.5, 0.6) is 0 Å². The lowest BCUT2D eigenvalue weighted by Crippen LogP contribution is -2.43. The molecule has 0 bridgehead atoms. The van der Waals surface area contributed by atoms with Gasteiger partial charge < -0.3 is 5.73 Å². The van der Waals surface area contributed by atoms with Crippen LogP contribution in [0.15, 0.2) is 12.1 Å². The van der Waals surface area contributed by atoms with E-state index < -0.39 is 0 Å². The highest BCUT2D eigenvalue weighted by atomic mass is 35.5. The summed E-state index contributed by atoms with van der Waals surface area (Å²) in [6.45, 7) is 4.46. The quantitative estimate of drug-likeness (QED) is 0.898. The zero-order chi connectivity index (χ0) is 14.0. The molecule has 2 rings (SSSR count). The largest absolute Gasteiger partial charge is 0.326 e. The SMILES string of the molecule is CC1CCC(N(C)C(c2ccc(Cl)s2)C(C)N)CC1. The Bertz CT molecular complexity index is 397. The van der Waals surface area contributed by atoms with Crippen LogP contribution in [0.2, 0.25) is 4.34 Å². The Kier molecular flexibility index (Phi) is 5.29. The highest BCUT2D eigenvalue weighted by Crippen LogP contribution is 2.36. The third-order valence-electron chi connectivity index (χ3n) is 4.38. The molecule has 1 aromatic heterocycles. The molecule has 0 amide bonds. The monoisotopic (exact) mass is 300 g/mol. The first kappa shape index (κ1) is 15.3. The molecule has 108 valence electrons. The van der Waals surface area contributed by atoms with E-state index in [4.69, 9.17) is 17.3 Å². The molecule has 0 saturated heterocycles. The number of nitrogens with two attached hydrogens (primary N) is 1. The lowest BCUT2D eigenvalue weighted by atomic mass is 9.86. The summed E-state index contributed by atoms with van der Waals surface area (Å²) in [6.07, 6.45) is 5.26. The third kappa shape index (κ3) is 3.72. The number of halogens is 1. The second-order valence-electron chi connectivity index (χ2n) is 6.02. The van der Waals surface area contributed by atoms with Crippen LogP contribution in [-0.2, 0) is 0 Å². The number of thiophene rings is 1. The summed E-state index contributed by atoms with van der Waals surface area (Å²) in [5.41, 5.74) is 6.23. The molecule has 0 aromatic carbocycles. The van der Waals surface area contributed by atoms with Crippen LogP contribution in [0.3, 0.4) is 0 Å². The molecule has 1 saturated carbocycles. The van der Waals surface area contributed by atoms with Crippen molar-refractivity contribution >= 4 is 22.9 Å². The minimum atomic E-state index is 0.124. The number of hydrogen-bond acceptors (Lipinski definition) is 3. The Morgan fingerprint density at radius 3 is 2.42 bits per heavy atom. The van der Waals surface area contributed by atoms with E-state index in [1.807, 2.05) is 6.07 Å². The number of rotatable bonds is 4. The summed E-state index contributed by atoms with van der Waals surface area (Å²) in [7, 11) is 2.22. The predicted molar refractivity (Wildman–Crippen MR) is 84.9 cm³/mol. The maximum Gasteiger partial charge on any atom is 0.0931 e. The molecule has 0 radical (unpaired) electrons. The van der Waals surface area contributed by atoms with Crippen LogP contribution >= 0.6 is 22.9 Å². The molecule has 1 heterocycles. The molecule has 0 spiro atoms. The smallest absolute Gasteiger partial charge is 0.0931 e. The van der Waals surface area contributed by atoms with Gasteiger partial charge in [0.2, 0.25) is 0 Å². The van der Waals surface area contributed by atoms with Gasteiger partial charge in [-0.3, -0.25) is 4.90 Å². The van der Waals surface area contributed by atoms with E-state index in [2.05, 4.69) is 31.9 Å².